The van der Waals surface area contributed by atoms with Crippen LogP contribution in [0.3, 0.4) is 0 Å². The van der Waals surface area contributed by atoms with Crippen LogP contribution in [0, 0.1) is 0 Å². The smallest absolute Gasteiger partial charge is 0.246 e. The van der Waals surface area contributed by atoms with Gasteiger partial charge in [-0.15, -0.1) is 5.10 Å². The van der Waals surface area contributed by atoms with Gasteiger partial charge in [0.1, 0.15) is 5.69 Å². The molecule has 0 radical (unpaired) electrons. The molecule has 120 valence electrons. The monoisotopic (exact) mass is 319 g/mol. The molecule has 24 heavy (non-hydrogen) atoms. The Morgan fingerprint density at radius 2 is 2.08 bits per heavy atom. The van der Waals surface area contributed by atoms with Crippen LogP contribution in [0.15, 0.2) is 67.0 Å². The minimum absolute atomic E-state index is 0.154. The van der Waals surface area contributed by atoms with Crippen molar-refractivity contribution in [2.24, 2.45) is 0 Å². The Morgan fingerprint density at radius 3 is 2.83 bits per heavy atom. The summed E-state index contributed by atoms with van der Waals surface area (Å²) in [6, 6.07) is 13.4. The third kappa shape index (κ3) is 3.55. The standard InChI is InChI=1S/C18H17N5O/c1-13(2)18(24)20-11-14-6-5-7-15(10-14)23-12-17(21-22-23)16-8-3-4-9-19-16/h3-10,12H,1,11H2,2H3,(H,20,24). The molecule has 0 unspecified atom stereocenters. The van der Waals surface area contributed by atoms with Crippen molar-refractivity contribution in [3.63, 3.8) is 0 Å². The van der Waals surface area contributed by atoms with Gasteiger partial charge in [0.15, 0.2) is 0 Å². The molecule has 1 N–H and O–H groups in total. The van der Waals surface area contributed by atoms with Gasteiger partial charge in [-0.25, -0.2) is 4.68 Å². The molecule has 3 aromatic rings. The fourth-order valence-electron chi connectivity index (χ4n) is 2.16. The summed E-state index contributed by atoms with van der Waals surface area (Å²) in [6.07, 6.45) is 3.55. The van der Waals surface area contributed by atoms with Crippen LogP contribution in [0.2, 0.25) is 0 Å². The lowest BCUT2D eigenvalue weighted by Gasteiger charge is -2.07. The first kappa shape index (κ1) is 15.6. The molecule has 2 aromatic heterocycles. The minimum Gasteiger partial charge on any atom is -0.348 e. The third-order valence-electron chi connectivity index (χ3n) is 3.44. The molecular weight excluding hydrogens is 302 g/mol. The van der Waals surface area contributed by atoms with E-state index in [0.717, 1.165) is 16.9 Å². The fraction of sp³-hybridized carbons (Fsp3) is 0.111. The van der Waals surface area contributed by atoms with Crippen molar-refractivity contribution in [2.75, 3.05) is 0 Å². The minimum atomic E-state index is -0.154. The van der Waals surface area contributed by atoms with Crippen LogP contribution in [-0.2, 0) is 11.3 Å². The van der Waals surface area contributed by atoms with E-state index < -0.39 is 0 Å². The molecule has 0 saturated heterocycles. The summed E-state index contributed by atoms with van der Waals surface area (Å²) in [5, 5.41) is 11.1. The van der Waals surface area contributed by atoms with Crippen LogP contribution in [0.1, 0.15) is 12.5 Å². The lowest BCUT2D eigenvalue weighted by molar-refractivity contribution is -0.117. The van der Waals surface area contributed by atoms with Crippen LogP contribution >= 0.6 is 0 Å². The van der Waals surface area contributed by atoms with Crippen molar-refractivity contribution in [1.29, 1.82) is 0 Å². The molecule has 2 heterocycles. The number of hydrogen-bond acceptors (Lipinski definition) is 4. The summed E-state index contributed by atoms with van der Waals surface area (Å²) in [5.74, 6) is -0.154. The van der Waals surface area contributed by atoms with E-state index in [1.807, 2.05) is 48.7 Å². The van der Waals surface area contributed by atoms with E-state index in [9.17, 15) is 4.79 Å². The summed E-state index contributed by atoms with van der Waals surface area (Å²) < 4.78 is 1.69. The molecule has 0 aliphatic carbocycles. The lowest BCUT2D eigenvalue weighted by Crippen LogP contribution is -2.23. The molecule has 0 saturated carbocycles. The Hall–Kier alpha value is -3.28. The molecule has 0 atom stereocenters. The van der Waals surface area contributed by atoms with Gasteiger partial charge in [-0.05, 0) is 36.8 Å². The van der Waals surface area contributed by atoms with Crippen molar-refractivity contribution in [1.82, 2.24) is 25.3 Å². The maximum atomic E-state index is 11.6. The summed E-state index contributed by atoms with van der Waals surface area (Å²) >= 11 is 0. The van der Waals surface area contributed by atoms with Crippen LogP contribution in [0.4, 0.5) is 0 Å². The highest BCUT2D eigenvalue weighted by Crippen LogP contribution is 2.15. The van der Waals surface area contributed by atoms with Gasteiger partial charge in [-0.2, -0.15) is 0 Å². The Morgan fingerprint density at radius 1 is 1.21 bits per heavy atom. The summed E-state index contributed by atoms with van der Waals surface area (Å²) in [7, 11) is 0. The summed E-state index contributed by atoms with van der Waals surface area (Å²) in [5.41, 5.74) is 3.80. The Kier molecular flexibility index (Phi) is 4.47. The molecule has 0 fully saturated rings. The van der Waals surface area contributed by atoms with Gasteiger partial charge in [-0.3, -0.25) is 9.78 Å². The molecule has 6 heteroatoms. The zero-order chi connectivity index (χ0) is 16.9. The van der Waals surface area contributed by atoms with Gasteiger partial charge in [0.05, 0.1) is 17.6 Å². The normalized spacial score (nSPS) is 10.4. The van der Waals surface area contributed by atoms with E-state index in [1.165, 1.54) is 0 Å². The third-order valence-corrected chi connectivity index (χ3v) is 3.44. The number of amides is 1. The van der Waals surface area contributed by atoms with Gasteiger partial charge in [0.25, 0.3) is 0 Å². The number of hydrogen-bond donors (Lipinski definition) is 1. The first-order valence-electron chi connectivity index (χ1n) is 7.50. The largest absolute Gasteiger partial charge is 0.348 e. The van der Waals surface area contributed by atoms with Crippen LogP contribution in [0.25, 0.3) is 17.1 Å². The number of carbonyl (C=O) groups is 1. The molecule has 0 spiro atoms. The molecule has 1 amide bonds. The SMILES string of the molecule is C=C(C)C(=O)NCc1cccc(-n2cc(-c3ccccn3)nn2)c1. The topological polar surface area (TPSA) is 72.7 Å². The van der Waals surface area contributed by atoms with Crippen molar-refractivity contribution in [3.05, 3.63) is 72.6 Å². The Labute approximate surface area is 139 Å². The highest BCUT2D eigenvalue weighted by Gasteiger charge is 2.07. The number of carbonyl (C=O) groups excluding carboxylic acids is 1. The van der Waals surface area contributed by atoms with Crippen molar-refractivity contribution < 1.29 is 4.79 Å². The average Bonchev–Trinajstić information content (AvgIpc) is 3.11. The predicted octanol–water partition coefficient (Wildman–Crippen LogP) is 2.52. The molecular formula is C18H17N5O. The summed E-state index contributed by atoms with van der Waals surface area (Å²) in [6.45, 7) is 5.74. The van der Waals surface area contributed by atoms with Crippen molar-refractivity contribution in [2.45, 2.75) is 13.5 Å². The first-order chi connectivity index (χ1) is 11.6. The second-order valence-electron chi connectivity index (χ2n) is 5.40. The quantitative estimate of drug-likeness (QED) is 0.734. The highest BCUT2D eigenvalue weighted by atomic mass is 16.1. The Bertz CT molecular complexity index is 870. The second kappa shape index (κ2) is 6.87. The molecule has 0 bridgehead atoms. The van der Waals surface area contributed by atoms with Crippen LogP contribution < -0.4 is 5.32 Å². The zero-order valence-electron chi connectivity index (χ0n) is 13.3. The van der Waals surface area contributed by atoms with Crippen molar-refractivity contribution >= 4 is 5.91 Å². The van der Waals surface area contributed by atoms with E-state index in [-0.39, 0.29) is 5.91 Å². The first-order valence-corrected chi connectivity index (χ1v) is 7.50. The fourth-order valence-corrected chi connectivity index (χ4v) is 2.16. The Balaban J connectivity index is 1.78. The summed E-state index contributed by atoms with van der Waals surface area (Å²) in [4.78, 5) is 15.9. The number of rotatable bonds is 5. The molecule has 1 aromatic carbocycles. The second-order valence-corrected chi connectivity index (χ2v) is 5.40. The van der Waals surface area contributed by atoms with Gasteiger partial charge in [0.2, 0.25) is 5.91 Å². The lowest BCUT2D eigenvalue weighted by atomic mass is 10.2. The number of benzene rings is 1. The van der Waals surface area contributed by atoms with E-state index in [4.69, 9.17) is 0 Å². The van der Waals surface area contributed by atoms with Crippen LogP contribution in [0.5, 0.6) is 0 Å². The number of pyridine rings is 1. The predicted molar refractivity (Wildman–Crippen MR) is 91.3 cm³/mol. The number of aromatic nitrogens is 4. The van der Waals surface area contributed by atoms with E-state index in [2.05, 4.69) is 27.2 Å². The van der Waals surface area contributed by atoms with Gasteiger partial charge >= 0.3 is 0 Å². The van der Waals surface area contributed by atoms with Gasteiger partial charge in [0, 0.05) is 18.3 Å². The van der Waals surface area contributed by atoms with Gasteiger partial charge < -0.3 is 5.32 Å². The highest BCUT2D eigenvalue weighted by molar-refractivity contribution is 5.92. The maximum absolute atomic E-state index is 11.6. The van der Waals surface area contributed by atoms with Crippen LogP contribution in [-0.4, -0.2) is 25.9 Å². The molecule has 6 nitrogen and oxygen atoms in total. The molecule has 0 aliphatic rings. The number of nitrogens with one attached hydrogen (secondary N) is 1. The van der Waals surface area contributed by atoms with Crippen molar-refractivity contribution in [3.8, 4) is 17.1 Å². The maximum Gasteiger partial charge on any atom is 0.246 e. The van der Waals surface area contributed by atoms with E-state index in [0.29, 0.717) is 17.8 Å². The van der Waals surface area contributed by atoms with Gasteiger partial charge in [-0.1, -0.05) is 30.0 Å². The zero-order valence-corrected chi connectivity index (χ0v) is 13.3. The van der Waals surface area contributed by atoms with E-state index >= 15 is 0 Å². The van der Waals surface area contributed by atoms with E-state index in [1.54, 1.807) is 17.8 Å². The molecule has 3 rings (SSSR count). The average molecular weight is 319 g/mol. The molecule has 0 aliphatic heterocycles. The number of nitrogens with zero attached hydrogens (tertiary/aromatic N) is 4.